The quantitative estimate of drug-likeness (QED) is 0.365. The Kier molecular flexibility index (Phi) is 93.6. The van der Waals surface area contributed by atoms with Crippen LogP contribution in [0.3, 0.4) is 0 Å². The summed E-state index contributed by atoms with van der Waals surface area (Å²) in [5.41, 5.74) is 0. The van der Waals surface area contributed by atoms with Gasteiger partial charge < -0.3 is 0 Å². The summed E-state index contributed by atoms with van der Waals surface area (Å²) in [5, 5.41) is 0. The van der Waals surface area contributed by atoms with Crippen LogP contribution in [0.25, 0.3) is 0 Å². The van der Waals surface area contributed by atoms with Crippen LogP contribution in [-0.4, -0.2) is 131 Å². The molecular weight excluding hydrogens is 147 g/mol. The maximum absolute atomic E-state index is 0. The Morgan fingerprint density at radius 2 is 0.500 bits per heavy atom. The normalized spacial score (nSPS) is 0. The van der Waals surface area contributed by atoms with E-state index in [2.05, 4.69) is 0 Å². The molecule has 0 fully saturated rings. The van der Waals surface area contributed by atoms with E-state index < -0.39 is 0 Å². The van der Waals surface area contributed by atoms with Gasteiger partial charge in [0.15, 0.2) is 0 Å². The number of rotatable bonds is 0. The van der Waals surface area contributed by atoms with Gasteiger partial charge in [-0.2, -0.15) is 0 Å². The van der Waals surface area contributed by atoms with Crippen molar-refractivity contribution in [2.24, 2.45) is 0 Å². The predicted octanol–water partition coefficient (Wildman–Crippen LogP) is -1.52. The first-order chi connectivity index (χ1) is 0. The first-order valence-corrected chi connectivity index (χ1v) is 0. The van der Waals surface area contributed by atoms with E-state index in [1.165, 1.54) is 0 Å². The van der Waals surface area contributed by atoms with Gasteiger partial charge in [-0.25, -0.2) is 0 Å². The van der Waals surface area contributed by atoms with Crippen LogP contribution in [0.2, 0.25) is 0 Å². The third-order valence-corrected chi connectivity index (χ3v) is 0. The molecule has 0 aromatic rings. The number of hydrogen-bond donors (Lipinski definition) is 0. The van der Waals surface area contributed by atoms with Crippen molar-refractivity contribution in [3.63, 3.8) is 0 Å². The predicted molar refractivity (Wildman–Crippen MR) is 23.0 cm³/mol. The molecule has 0 heterocycles. The van der Waals surface area contributed by atoms with E-state index in [0.717, 1.165) is 0 Å². The second kappa shape index (κ2) is 15.7. The van der Waals surface area contributed by atoms with Gasteiger partial charge in [0.1, 0.15) is 0 Å². The third kappa shape index (κ3) is 9.58. The molecule has 0 aliphatic rings. The minimum atomic E-state index is 0. The molecule has 0 nitrogen and oxygen atoms in total. The summed E-state index contributed by atoms with van der Waals surface area (Å²) in [4.78, 5) is 0. The molecule has 0 spiro atoms. The van der Waals surface area contributed by atoms with Gasteiger partial charge in [-0.1, -0.05) is 0 Å². The molecule has 0 rings (SSSR count). The number of hydrogen-bond acceptors (Lipinski definition) is 0. The summed E-state index contributed by atoms with van der Waals surface area (Å²) in [6.07, 6.45) is 0. The fraction of sp³-hybridized carbons (Fsp3) is 0. The van der Waals surface area contributed by atoms with Crippen LogP contribution in [0.5, 0.6) is 0 Å². The van der Waals surface area contributed by atoms with Crippen molar-refractivity contribution in [1.29, 1.82) is 0 Å². The fourth-order valence-electron chi connectivity index (χ4n) is 0. The maximum Gasteiger partial charge on any atom is 0 e. The molecule has 0 atom stereocenters. The zero-order valence-electron chi connectivity index (χ0n) is 2.70. The molecule has 0 unspecified atom stereocenters. The van der Waals surface area contributed by atoms with E-state index in [1.54, 1.807) is 0 Å². The molecule has 9 valence electrons. The van der Waals surface area contributed by atoms with Crippen LogP contribution in [0, 0.1) is 0 Å². The van der Waals surface area contributed by atoms with E-state index in [4.69, 9.17) is 0 Å². The fourth-order valence-corrected chi connectivity index (χ4v) is 0. The Labute approximate surface area is 127 Å². The van der Waals surface area contributed by atoms with Gasteiger partial charge in [0.05, 0.1) is 0 Å². The van der Waals surface area contributed by atoms with Gasteiger partial charge >= 0.3 is 0 Å². The maximum atomic E-state index is 0. The van der Waals surface area contributed by atoms with Crippen LogP contribution < -0.4 is 0 Å². The van der Waals surface area contributed by atoms with E-state index >= 15 is 0 Å². The van der Waals surface area contributed by atoms with Gasteiger partial charge in [0.25, 0.3) is 0 Å². The summed E-state index contributed by atoms with van der Waals surface area (Å²) in [5.74, 6) is 0. The molecule has 0 saturated carbocycles. The summed E-state index contributed by atoms with van der Waals surface area (Å²) in [6.45, 7) is 0. The molecule has 0 aliphatic carbocycles. The zero-order chi connectivity index (χ0) is 0. The van der Waals surface area contributed by atoms with Gasteiger partial charge in [-0.3, -0.25) is 0 Å². The largest absolute Gasteiger partial charge is 0 e. The summed E-state index contributed by atoms with van der Waals surface area (Å²) >= 11 is 0. The van der Waals surface area contributed by atoms with Crippen molar-refractivity contribution in [3.8, 4) is 0 Å². The van der Waals surface area contributed by atoms with Crippen LogP contribution in [0.1, 0.15) is 0 Å². The van der Waals surface area contributed by atoms with E-state index in [1.807, 2.05) is 0 Å². The Morgan fingerprint density at radius 3 is 0.500 bits per heavy atom. The topological polar surface area (TPSA) is 0 Å². The molecule has 4 heavy (non-hydrogen) atoms. The first kappa shape index (κ1) is 23.9. The minimum Gasteiger partial charge on any atom is 0 e. The van der Waals surface area contributed by atoms with Crippen LogP contribution >= 0.6 is 0 Å². The Balaban J connectivity index is 0. The smallest absolute Gasteiger partial charge is 0 e. The van der Waals surface area contributed by atoms with Crippen molar-refractivity contribution in [2.75, 3.05) is 0 Å². The molecule has 4 heteroatoms. The standard InChI is InChI=1S/Al.3Ca. The van der Waals surface area contributed by atoms with Crippen molar-refractivity contribution < 1.29 is 0 Å². The van der Waals surface area contributed by atoms with Crippen LogP contribution in [-0.2, 0) is 0 Å². The summed E-state index contributed by atoms with van der Waals surface area (Å²) in [6, 6.07) is 0. The molecule has 0 N–H and O–H groups in total. The minimum absolute atomic E-state index is 0. The van der Waals surface area contributed by atoms with E-state index in [9.17, 15) is 0 Å². The average Bonchev–Trinajstić information content (AvgIpc) is 0. The molecule has 0 aliphatic heterocycles. The van der Waals surface area contributed by atoms with E-state index in [0.29, 0.717) is 0 Å². The van der Waals surface area contributed by atoms with E-state index in [-0.39, 0.29) is 131 Å². The van der Waals surface area contributed by atoms with Gasteiger partial charge in [0.2, 0.25) is 0 Å². The van der Waals surface area contributed by atoms with Crippen LogP contribution in [0.15, 0.2) is 0 Å². The third-order valence-electron chi connectivity index (χ3n) is 0. The van der Waals surface area contributed by atoms with Gasteiger partial charge in [0, 0.05) is 131 Å². The van der Waals surface area contributed by atoms with Gasteiger partial charge in [-0.15, -0.1) is 0 Å². The zero-order valence-corrected chi connectivity index (χ0v) is 10.5. The monoisotopic (exact) mass is 147 g/mol. The first-order valence-electron chi connectivity index (χ1n) is 0. The molecule has 9 radical (unpaired) electrons. The summed E-state index contributed by atoms with van der Waals surface area (Å²) < 4.78 is 0. The Morgan fingerprint density at radius 1 is 0.500 bits per heavy atom. The molecule has 0 amide bonds. The summed E-state index contributed by atoms with van der Waals surface area (Å²) in [7, 11) is 0. The second-order valence-corrected chi connectivity index (χ2v) is 0. The Hall–Kier alpha value is 4.31. The SMILES string of the molecule is [Al].[Ca].[Ca].[Ca]. The van der Waals surface area contributed by atoms with Crippen molar-refractivity contribution in [3.05, 3.63) is 0 Å². The van der Waals surface area contributed by atoms with Crippen molar-refractivity contribution in [2.45, 2.75) is 0 Å². The molecular formula is AlCa3. The Bertz CT molecular complexity index is 3.25. The molecule has 0 aromatic heterocycles. The average molecular weight is 147 g/mol. The van der Waals surface area contributed by atoms with Crippen LogP contribution in [0.4, 0.5) is 0 Å². The van der Waals surface area contributed by atoms with Gasteiger partial charge in [-0.05, 0) is 0 Å². The molecule has 0 aromatic carbocycles. The molecule has 0 saturated heterocycles. The van der Waals surface area contributed by atoms with Crippen molar-refractivity contribution >= 4 is 131 Å². The molecule has 0 bridgehead atoms. The second-order valence-electron chi connectivity index (χ2n) is 0. The van der Waals surface area contributed by atoms with Crippen molar-refractivity contribution in [1.82, 2.24) is 0 Å².